The van der Waals surface area contributed by atoms with Crippen LogP contribution in [0.2, 0.25) is 10.0 Å². The van der Waals surface area contributed by atoms with Gasteiger partial charge in [0, 0.05) is 5.02 Å². The van der Waals surface area contributed by atoms with Crippen LogP contribution in [0.3, 0.4) is 0 Å². The number of hydrogen-bond acceptors (Lipinski definition) is 4. The smallest absolute Gasteiger partial charge is 0.267 e. The van der Waals surface area contributed by atoms with E-state index in [1.54, 1.807) is 24.3 Å². The molecule has 0 saturated carbocycles. The van der Waals surface area contributed by atoms with E-state index in [0.717, 1.165) is 0 Å². The highest BCUT2D eigenvalue weighted by Gasteiger charge is 2.09. The summed E-state index contributed by atoms with van der Waals surface area (Å²) in [4.78, 5) is 15.1. The number of aromatic nitrogens is 1. The molecule has 5 N–H and O–H groups in total. The molecule has 2 aromatic rings. The van der Waals surface area contributed by atoms with E-state index < -0.39 is 5.91 Å². The Morgan fingerprint density at radius 3 is 2.58 bits per heavy atom. The van der Waals surface area contributed by atoms with Crippen molar-refractivity contribution in [3.05, 3.63) is 46.1 Å². The number of carbonyl (C=O) groups excluding carboxylic acids is 1. The minimum absolute atomic E-state index is 0.113. The third-order valence-electron chi connectivity index (χ3n) is 2.36. The van der Waals surface area contributed by atoms with Crippen LogP contribution in [-0.2, 0) is 0 Å². The van der Waals surface area contributed by atoms with Crippen LogP contribution in [0.1, 0.15) is 10.5 Å². The van der Waals surface area contributed by atoms with Crippen LogP contribution < -0.4 is 16.8 Å². The fourth-order valence-corrected chi connectivity index (χ4v) is 1.88. The summed E-state index contributed by atoms with van der Waals surface area (Å²) < 4.78 is 0. The number of benzene rings is 1. The molecule has 19 heavy (non-hydrogen) atoms. The van der Waals surface area contributed by atoms with Crippen LogP contribution in [0.15, 0.2) is 30.3 Å². The van der Waals surface area contributed by atoms with Gasteiger partial charge in [0.2, 0.25) is 0 Å². The zero-order valence-corrected chi connectivity index (χ0v) is 11.2. The lowest BCUT2D eigenvalue weighted by atomic mass is 10.3. The van der Waals surface area contributed by atoms with Crippen LogP contribution in [0.4, 0.5) is 17.2 Å². The first-order valence-corrected chi connectivity index (χ1v) is 6.01. The summed E-state index contributed by atoms with van der Waals surface area (Å²) in [5, 5.41) is 3.86. The number of rotatable bonds is 3. The molecule has 0 aliphatic heterocycles. The summed E-state index contributed by atoms with van der Waals surface area (Å²) in [5.41, 5.74) is 12.0. The Kier molecular flexibility index (Phi) is 3.78. The molecular weight excluding hydrogens is 287 g/mol. The lowest BCUT2D eigenvalue weighted by molar-refractivity contribution is 0.0996. The van der Waals surface area contributed by atoms with Gasteiger partial charge in [-0.2, -0.15) is 0 Å². The van der Waals surface area contributed by atoms with Crippen LogP contribution in [-0.4, -0.2) is 10.9 Å². The van der Waals surface area contributed by atoms with Crippen molar-refractivity contribution in [2.45, 2.75) is 0 Å². The molecule has 98 valence electrons. The van der Waals surface area contributed by atoms with Gasteiger partial charge < -0.3 is 16.8 Å². The molecule has 0 bridgehead atoms. The average molecular weight is 297 g/mol. The molecule has 1 aromatic heterocycles. The number of nitrogens with two attached hydrogens (primary N) is 2. The lowest BCUT2D eigenvalue weighted by Gasteiger charge is -2.10. The van der Waals surface area contributed by atoms with Gasteiger partial charge in [0.25, 0.3) is 5.91 Å². The number of hydrogen-bond donors (Lipinski definition) is 3. The van der Waals surface area contributed by atoms with Crippen molar-refractivity contribution >= 4 is 46.3 Å². The maximum atomic E-state index is 11.1. The number of halogens is 2. The Labute approximate surface area is 119 Å². The molecule has 0 fully saturated rings. The van der Waals surface area contributed by atoms with Crippen molar-refractivity contribution in [1.29, 1.82) is 0 Å². The minimum atomic E-state index is -0.634. The van der Waals surface area contributed by atoms with E-state index in [0.29, 0.717) is 27.2 Å². The minimum Gasteiger partial charge on any atom is -0.396 e. The first kappa shape index (κ1) is 13.5. The number of pyridine rings is 1. The SMILES string of the molecule is NC(=O)c1ccc(N)c(Nc2ccc(Cl)cc2Cl)n1. The second-order valence-electron chi connectivity index (χ2n) is 3.75. The fraction of sp³-hybridized carbons (Fsp3) is 0. The Morgan fingerprint density at radius 1 is 1.21 bits per heavy atom. The molecule has 0 atom stereocenters. The highest BCUT2D eigenvalue weighted by Crippen LogP contribution is 2.29. The lowest BCUT2D eigenvalue weighted by Crippen LogP contribution is -2.14. The summed E-state index contributed by atoms with van der Waals surface area (Å²) in [5.74, 6) is -0.328. The topological polar surface area (TPSA) is 94.0 Å². The van der Waals surface area contributed by atoms with Crippen LogP contribution in [0.5, 0.6) is 0 Å². The van der Waals surface area contributed by atoms with Crippen LogP contribution in [0.25, 0.3) is 0 Å². The number of nitrogen functional groups attached to an aromatic ring is 1. The Balaban J connectivity index is 2.37. The Bertz CT molecular complexity index is 646. The van der Waals surface area contributed by atoms with Gasteiger partial charge in [-0.05, 0) is 30.3 Å². The summed E-state index contributed by atoms with van der Waals surface area (Å²) in [7, 11) is 0. The normalized spacial score (nSPS) is 10.2. The van der Waals surface area contributed by atoms with E-state index in [4.69, 9.17) is 34.7 Å². The number of nitrogens with zero attached hydrogens (tertiary/aromatic N) is 1. The van der Waals surface area contributed by atoms with Gasteiger partial charge in [-0.25, -0.2) is 4.98 Å². The van der Waals surface area contributed by atoms with Crippen molar-refractivity contribution in [3.63, 3.8) is 0 Å². The molecule has 1 heterocycles. The number of anilines is 3. The summed E-state index contributed by atoms with van der Waals surface area (Å²) >= 11 is 11.8. The van der Waals surface area contributed by atoms with Crippen LogP contribution >= 0.6 is 23.2 Å². The molecule has 0 spiro atoms. The van der Waals surface area contributed by atoms with Gasteiger partial charge in [-0.1, -0.05) is 23.2 Å². The fourth-order valence-electron chi connectivity index (χ4n) is 1.43. The highest BCUT2D eigenvalue weighted by atomic mass is 35.5. The second-order valence-corrected chi connectivity index (χ2v) is 4.59. The molecule has 0 saturated heterocycles. The van der Waals surface area contributed by atoms with Gasteiger partial charge >= 0.3 is 0 Å². The van der Waals surface area contributed by atoms with Gasteiger partial charge in [-0.15, -0.1) is 0 Å². The van der Waals surface area contributed by atoms with E-state index in [1.807, 2.05) is 0 Å². The van der Waals surface area contributed by atoms with Gasteiger partial charge in [-0.3, -0.25) is 4.79 Å². The van der Waals surface area contributed by atoms with E-state index in [-0.39, 0.29) is 5.69 Å². The molecule has 0 unspecified atom stereocenters. The predicted octanol–water partition coefficient (Wildman–Crippen LogP) is 2.81. The predicted molar refractivity (Wildman–Crippen MR) is 76.9 cm³/mol. The number of amides is 1. The first-order valence-electron chi connectivity index (χ1n) is 5.26. The van der Waals surface area contributed by atoms with Gasteiger partial charge in [0.15, 0.2) is 5.82 Å². The molecule has 7 heteroatoms. The Hall–Kier alpha value is -1.98. The second kappa shape index (κ2) is 5.34. The summed E-state index contributed by atoms with van der Waals surface area (Å²) in [6, 6.07) is 7.93. The van der Waals surface area contributed by atoms with Gasteiger partial charge in [0.1, 0.15) is 5.69 Å². The van der Waals surface area contributed by atoms with E-state index in [2.05, 4.69) is 10.3 Å². The molecule has 0 radical (unpaired) electrons. The Morgan fingerprint density at radius 2 is 1.95 bits per heavy atom. The maximum Gasteiger partial charge on any atom is 0.267 e. The third kappa shape index (κ3) is 3.07. The van der Waals surface area contributed by atoms with E-state index in [1.165, 1.54) is 6.07 Å². The van der Waals surface area contributed by atoms with Crippen molar-refractivity contribution in [2.24, 2.45) is 5.73 Å². The van der Waals surface area contributed by atoms with Crippen molar-refractivity contribution in [3.8, 4) is 0 Å². The van der Waals surface area contributed by atoms with Crippen molar-refractivity contribution < 1.29 is 4.79 Å². The first-order chi connectivity index (χ1) is 8.97. The third-order valence-corrected chi connectivity index (χ3v) is 2.91. The van der Waals surface area contributed by atoms with E-state index >= 15 is 0 Å². The largest absolute Gasteiger partial charge is 0.396 e. The van der Waals surface area contributed by atoms with E-state index in [9.17, 15) is 4.79 Å². The summed E-state index contributed by atoms with van der Waals surface area (Å²) in [6.07, 6.45) is 0. The maximum absolute atomic E-state index is 11.1. The van der Waals surface area contributed by atoms with Gasteiger partial charge in [0.05, 0.1) is 16.4 Å². The summed E-state index contributed by atoms with van der Waals surface area (Å²) in [6.45, 7) is 0. The quantitative estimate of drug-likeness (QED) is 0.812. The standard InChI is InChI=1S/C12H10Cl2N4O/c13-6-1-3-9(7(14)5-6)17-12-8(15)2-4-10(18-12)11(16)19/h1-5H,15H2,(H2,16,19)(H,17,18). The molecule has 5 nitrogen and oxygen atoms in total. The number of carbonyl (C=O) groups is 1. The molecule has 2 rings (SSSR count). The van der Waals surface area contributed by atoms with Crippen molar-refractivity contribution in [1.82, 2.24) is 4.98 Å². The van der Waals surface area contributed by atoms with Crippen molar-refractivity contribution in [2.75, 3.05) is 11.1 Å². The number of primary amides is 1. The highest BCUT2D eigenvalue weighted by molar-refractivity contribution is 6.36. The number of nitrogens with one attached hydrogen (secondary N) is 1. The zero-order chi connectivity index (χ0) is 14.0. The molecule has 1 amide bonds. The molecule has 1 aromatic carbocycles. The molecule has 0 aliphatic rings. The monoisotopic (exact) mass is 296 g/mol. The molecule has 0 aliphatic carbocycles. The van der Waals surface area contributed by atoms with Crippen LogP contribution in [0, 0.1) is 0 Å². The zero-order valence-electron chi connectivity index (χ0n) is 9.65. The average Bonchev–Trinajstić information content (AvgIpc) is 2.34. The molecular formula is C12H10Cl2N4O.